The third-order valence-electron chi connectivity index (χ3n) is 1.41. The van der Waals surface area contributed by atoms with E-state index in [1.165, 1.54) is 0 Å². The first-order chi connectivity index (χ1) is 7.15. The monoisotopic (exact) mass is 322 g/mol. The molecule has 2 aromatic rings. The van der Waals surface area contributed by atoms with Crippen LogP contribution in [0, 0.1) is 0 Å². The first-order valence-corrected chi connectivity index (χ1v) is 7.25. The van der Waals surface area contributed by atoms with Gasteiger partial charge in [0.2, 0.25) is 5.13 Å². The lowest BCUT2D eigenvalue weighted by atomic mass is 10.9. The van der Waals surface area contributed by atoms with E-state index in [-0.39, 0.29) is 0 Å². The Hall–Kier alpha value is -0.180. The number of rotatable bonds is 3. The van der Waals surface area contributed by atoms with Crippen molar-refractivity contribution in [2.45, 2.75) is 8.68 Å². The maximum Gasteiger partial charge on any atom is 0.208 e. The van der Waals surface area contributed by atoms with Crippen LogP contribution in [-0.2, 0) is 0 Å². The lowest BCUT2D eigenvalue weighted by molar-refractivity contribution is 0.972. The molecule has 2 aromatic heterocycles. The van der Waals surface area contributed by atoms with Gasteiger partial charge in [0.25, 0.3) is 0 Å². The Bertz CT molecular complexity index is 453. The Morgan fingerprint density at radius 1 is 1.33 bits per heavy atom. The molecule has 4 nitrogen and oxygen atoms in total. The van der Waals surface area contributed by atoms with Crippen LogP contribution in [0.25, 0.3) is 0 Å². The van der Waals surface area contributed by atoms with Gasteiger partial charge in [-0.1, -0.05) is 11.3 Å². The van der Waals surface area contributed by atoms with Crippen LogP contribution >= 0.6 is 50.4 Å². The van der Waals surface area contributed by atoms with Crippen molar-refractivity contribution in [2.24, 2.45) is 0 Å². The minimum atomic E-state index is 0.868. The predicted molar refractivity (Wildman–Crippen MR) is 68.2 cm³/mol. The second-order valence-electron chi connectivity index (χ2n) is 2.78. The molecular formula is C7H7BrN4S3. The molecule has 0 bridgehead atoms. The third kappa shape index (κ3) is 2.90. The average Bonchev–Trinajstić information content (AvgIpc) is 2.76. The molecule has 2 rings (SSSR count). The highest BCUT2D eigenvalue weighted by molar-refractivity contribution is 9.10. The van der Waals surface area contributed by atoms with Crippen LogP contribution in [0.3, 0.4) is 0 Å². The van der Waals surface area contributed by atoms with E-state index in [9.17, 15) is 0 Å². The number of thiazole rings is 1. The zero-order chi connectivity index (χ0) is 10.8. The molecular weight excluding hydrogens is 316 g/mol. The van der Waals surface area contributed by atoms with E-state index in [1.54, 1.807) is 34.4 Å². The maximum atomic E-state index is 4.28. The molecule has 2 heterocycles. The fourth-order valence-corrected chi connectivity index (χ4v) is 4.12. The second-order valence-corrected chi connectivity index (χ2v) is 6.90. The van der Waals surface area contributed by atoms with E-state index in [1.807, 2.05) is 24.4 Å². The van der Waals surface area contributed by atoms with Crippen LogP contribution in [-0.4, -0.2) is 29.3 Å². The van der Waals surface area contributed by atoms with Crippen LogP contribution in [0.4, 0.5) is 5.13 Å². The third-order valence-corrected chi connectivity index (χ3v) is 5.20. The van der Waals surface area contributed by atoms with Gasteiger partial charge in [0.1, 0.15) is 4.60 Å². The van der Waals surface area contributed by atoms with E-state index >= 15 is 0 Å². The molecule has 0 N–H and O–H groups in total. The van der Waals surface area contributed by atoms with Crippen molar-refractivity contribution in [3.8, 4) is 0 Å². The molecule has 15 heavy (non-hydrogen) atoms. The van der Waals surface area contributed by atoms with Crippen molar-refractivity contribution in [2.75, 3.05) is 19.0 Å². The Balaban J connectivity index is 2.11. The molecule has 0 aliphatic carbocycles. The number of hydrogen-bond donors (Lipinski definition) is 0. The summed E-state index contributed by atoms with van der Waals surface area (Å²) in [5.41, 5.74) is 0. The quantitative estimate of drug-likeness (QED) is 0.869. The molecule has 0 spiro atoms. The number of halogens is 1. The highest BCUT2D eigenvalue weighted by Crippen LogP contribution is 2.34. The van der Waals surface area contributed by atoms with Crippen LogP contribution in [0.2, 0.25) is 0 Å². The first-order valence-electron chi connectivity index (χ1n) is 3.95. The first kappa shape index (κ1) is 11.3. The van der Waals surface area contributed by atoms with E-state index in [4.69, 9.17) is 0 Å². The zero-order valence-electron chi connectivity index (χ0n) is 7.97. The van der Waals surface area contributed by atoms with Crippen molar-refractivity contribution >= 4 is 55.5 Å². The molecule has 0 radical (unpaired) electrons. The summed E-state index contributed by atoms with van der Waals surface area (Å²) in [6.07, 6.45) is 0. The lowest BCUT2D eigenvalue weighted by Crippen LogP contribution is -2.07. The Labute approximate surface area is 108 Å². The molecule has 0 atom stereocenters. The van der Waals surface area contributed by atoms with Gasteiger partial charge < -0.3 is 4.90 Å². The topological polar surface area (TPSA) is 41.9 Å². The van der Waals surface area contributed by atoms with Crippen LogP contribution in [0.15, 0.2) is 18.7 Å². The van der Waals surface area contributed by atoms with Gasteiger partial charge in [-0.05, 0) is 27.7 Å². The molecule has 8 heteroatoms. The predicted octanol–water partition coefficient (Wildman–Crippen LogP) is 2.97. The summed E-state index contributed by atoms with van der Waals surface area (Å²) in [5, 5.41) is 11.0. The van der Waals surface area contributed by atoms with Crippen molar-refractivity contribution < 1.29 is 0 Å². The Kier molecular flexibility index (Phi) is 3.60. The number of nitrogens with zero attached hydrogens (tertiary/aromatic N) is 4. The molecule has 0 saturated heterocycles. The van der Waals surface area contributed by atoms with Crippen LogP contribution < -0.4 is 4.90 Å². The van der Waals surface area contributed by atoms with Gasteiger partial charge in [-0.25, -0.2) is 4.98 Å². The maximum absolute atomic E-state index is 4.28. The Morgan fingerprint density at radius 3 is 2.67 bits per heavy atom. The summed E-state index contributed by atoms with van der Waals surface area (Å²) in [5.74, 6) is 0. The second kappa shape index (κ2) is 4.77. The minimum absolute atomic E-state index is 0.868. The summed E-state index contributed by atoms with van der Waals surface area (Å²) in [7, 11) is 3.91. The molecule has 0 aliphatic rings. The van der Waals surface area contributed by atoms with Crippen molar-refractivity contribution in [1.82, 2.24) is 15.2 Å². The standard InChI is InChI=1S/C7H7BrN4S3/c1-12(2)5-10-11-7(14-5)15-6-9-4(8)3-13-6/h3H,1-2H3. The summed E-state index contributed by atoms with van der Waals surface area (Å²) >= 11 is 8.02. The van der Waals surface area contributed by atoms with Crippen molar-refractivity contribution in [3.63, 3.8) is 0 Å². The highest BCUT2D eigenvalue weighted by atomic mass is 79.9. The molecule has 0 saturated carbocycles. The number of hydrogen-bond acceptors (Lipinski definition) is 7. The van der Waals surface area contributed by atoms with Crippen LogP contribution in [0.1, 0.15) is 0 Å². The number of anilines is 1. The van der Waals surface area contributed by atoms with Crippen molar-refractivity contribution in [1.29, 1.82) is 0 Å². The molecule has 0 amide bonds. The normalized spacial score (nSPS) is 10.6. The van der Waals surface area contributed by atoms with Gasteiger partial charge in [-0.3, -0.25) is 0 Å². The summed E-state index contributed by atoms with van der Waals surface area (Å²) < 4.78 is 2.76. The lowest BCUT2D eigenvalue weighted by Gasteiger charge is -2.03. The minimum Gasteiger partial charge on any atom is -0.353 e. The average molecular weight is 323 g/mol. The van der Waals surface area contributed by atoms with Gasteiger partial charge >= 0.3 is 0 Å². The fraction of sp³-hybridized carbons (Fsp3) is 0.286. The van der Waals surface area contributed by atoms with Gasteiger partial charge in [-0.15, -0.1) is 21.5 Å². The highest BCUT2D eigenvalue weighted by Gasteiger charge is 2.09. The largest absolute Gasteiger partial charge is 0.353 e. The van der Waals surface area contributed by atoms with E-state index in [2.05, 4.69) is 31.1 Å². The zero-order valence-corrected chi connectivity index (χ0v) is 12.0. The SMILES string of the molecule is CN(C)c1nnc(Sc2nc(Br)cs2)s1. The Morgan fingerprint density at radius 2 is 2.13 bits per heavy atom. The van der Waals surface area contributed by atoms with Gasteiger partial charge in [0.15, 0.2) is 8.68 Å². The van der Waals surface area contributed by atoms with E-state index < -0.39 is 0 Å². The van der Waals surface area contributed by atoms with Gasteiger partial charge in [0.05, 0.1) is 0 Å². The molecule has 80 valence electrons. The molecule has 0 fully saturated rings. The smallest absolute Gasteiger partial charge is 0.208 e. The fourth-order valence-electron chi connectivity index (χ4n) is 0.785. The van der Waals surface area contributed by atoms with Gasteiger partial charge in [0, 0.05) is 19.5 Å². The van der Waals surface area contributed by atoms with E-state index in [0.29, 0.717) is 0 Å². The molecule has 0 aromatic carbocycles. The van der Waals surface area contributed by atoms with Crippen molar-refractivity contribution in [3.05, 3.63) is 9.98 Å². The number of aromatic nitrogens is 3. The molecule has 0 aliphatic heterocycles. The summed E-state index contributed by atoms with van der Waals surface area (Å²) in [6, 6.07) is 0. The van der Waals surface area contributed by atoms with Crippen LogP contribution in [0.5, 0.6) is 0 Å². The molecule has 0 unspecified atom stereocenters. The summed E-state index contributed by atoms with van der Waals surface area (Å²) in [6.45, 7) is 0. The summed E-state index contributed by atoms with van der Waals surface area (Å²) in [4.78, 5) is 6.23. The van der Waals surface area contributed by atoms with Gasteiger partial charge in [-0.2, -0.15) is 0 Å². The van der Waals surface area contributed by atoms with E-state index in [0.717, 1.165) is 18.4 Å².